The second kappa shape index (κ2) is 8.20. The summed E-state index contributed by atoms with van der Waals surface area (Å²) in [5.74, 6) is -0.249. The maximum atomic E-state index is 11.8. The van der Waals surface area contributed by atoms with Gasteiger partial charge in [-0.1, -0.05) is 41.9 Å². The minimum atomic E-state index is -0.186. The molecule has 0 aliphatic carbocycles. The Kier molecular flexibility index (Phi) is 5.98. The van der Waals surface area contributed by atoms with Gasteiger partial charge in [0.05, 0.1) is 6.42 Å². The van der Waals surface area contributed by atoms with E-state index >= 15 is 0 Å². The lowest BCUT2D eigenvalue weighted by molar-refractivity contribution is -0.120. The van der Waals surface area contributed by atoms with E-state index in [1.807, 2.05) is 30.3 Å². The van der Waals surface area contributed by atoms with Gasteiger partial charge in [-0.25, -0.2) is 0 Å². The molecule has 0 radical (unpaired) electrons. The van der Waals surface area contributed by atoms with Crippen LogP contribution in [0.3, 0.4) is 0 Å². The number of hydrogen-bond donors (Lipinski definition) is 2. The number of carbonyl (C=O) groups excluding carboxylic acids is 2. The molecule has 5 heteroatoms. The first-order chi connectivity index (χ1) is 10.6. The van der Waals surface area contributed by atoms with E-state index in [1.165, 1.54) is 0 Å². The summed E-state index contributed by atoms with van der Waals surface area (Å²) >= 11 is 5.77. The van der Waals surface area contributed by atoms with Gasteiger partial charge in [0.2, 0.25) is 5.91 Å². The third kappa shape index (κ3) is 5.22. The molecular formula is C17H17ClN2O2. The van der Waals surface area contributed by atoms with E-state index in [4.69, 9.17) is 11.6 Å². The van der Waals surface area contributed by atoms with Crippen molar-refractivity contribution in [2.75, 3.05) is 13.1 Å². The van der Waals surface area contributed by atoms with Gasteiger partial charge in [0, 0.05) is 23.7 Å². The van der Waals surface area contributed by atoms with Crippen LogP contribution in [-0.2, 0) is 11.2 Å². The van der Waals surface area contributed by atoms with Crippen LogP contribution in [0.2, 0.25) is 5.02 Å². The molecule has 0 unspecified atom stereocenters. The quantitative estimate of drug-likeness (QED) is 0.804. The van der Waals surface area contributed by atoms with Crippen molar-refractivity contribution in [3.8, 4) is 0 Å². The lowest BCUT2D eigenvalue weighted by atomic mass is 10.1. The van der Waals surface area contributed by atoms with Crippen LogP contribution in [0, 0.1) is 0 Å². The van der Waals surface area contributed by atoms with Crippen molar-refractivity contribution in [3.05, 3.63) is 70.7 Å². The molecule has 22 heavy (non-hydrogen) atoms. The summed E-state index contributed by atoms with van der Waals surface area (Å²) in [4.78, 5) is 23.6. The van der Waals surface area contributed by atoms with E-state index in [0.717, 1.165) is 5.56 Å². The fourth-order valence-corrected chi connectivity index (χ4v) is 2.05. The molecule has 4 nitrogen and oxygen atoms in total. The smallest absolute Gasteiger partial charge is 0.251 e. The topological polar surface area (TPSA) is 58.2 Å². The van der Waals surface area contributed by atoms with Gasteiger partial charge in [-0.3, -0.25) is 9.59 Å². The zero-order valence-electron chi connectivity index (χ0n) is 12.0. The average Bonchev–Trinajstić information content (AvgIpc) is 2.53. The fraction of sp³-hybridized carbons (Fsp3) is 0.176. The second-order valence-electron chi connectivity index (χ2n) is 4.78. The molecule has 2 rings (SSSR count). The molecule has 2 aromatic rings. The second-order valence-corrected chi connectivity index (χ2v) is 5.21. The molecular weight excluding hydrogens is 300 g/mol. The van der Waals surface area contributed by atoms with Crippen LogP contribution in [0.4, 0.5) is 0 Å². The lowest BCUT2D eigenvalue weighted by Gasteiger charge is -2.07. The molecule has 2 aromatic carbocycles. The number of amides is 2. The van der Waals surface area contributed by atoms with Crippen LogP contribution in [0.25, 0.3) is 0 Å². The first kappa shape index (κ1) is 16.0. The summed E-state index contributed by atoms with van der Waals surface area (Å²) in [6.45, 7) is 0.771. The van der Waals surface area contributed by atoms with Crippen LogP contribution >= 0.6 is 11.6 Å². The first-order valence-electron chi connectivity index (χ1n) is 6.99. The first-order valence-corrected chi connectivity index (χ1v) is 7.37. The van der Waals surface area contributed by atoms with Crippen LogP contribution < -0.4 is 10.6 Å². The third-order valence-corrected chi connectivity index (χ3v) is 3.30. The van der Waals surface area contributed by atoms with Gasteiger partial charge in [-0.05, 0) is 29.8 Å². The Morgan fingerprint density at radius 1 is 0.864 bits per heavy atom. The summed E-state index contributed by atoms with van der Waals surface area (Å²) in [6.07, 6.45) is 0.339. The molecule has 0 saturated carbocycles. The highest BCUT2D eigenvalue weighted by Gasteiger charge is 2.05. The molecule has 0 aliphatic rings. The molecule has 0 aromatic heterocycles. The Labute approximate surface area is 134 Å². The third-order valence-electron chi connectivity index (χ3n) is 3.05. The number of carbonyl (C=O) groups is 2. The number of hydrogen-bond acceptors (Lipinski definition) is 2. The molecule has 0 aliphatic heterocycles. The standard InChI is InChI=1S/C17H17ClN2O2/c18-15-8-6-14(7-9-15)17(22)20-11-10-19-16(21)12-13-4-2-1-3-5-13/h1-9H,10-12H2,(H,19,21)(H,20,22). The molecule has 2 amide bonds. The molecule has 0 saturated heterocycles. The largest absolute Gasteiger partial charge is 0.354 e. The maximum Gasteiger partial charge on any atom is 0.251 e. The Morgan fingerprint density at radius 2 is 1.50 bits per heavy atom. The summed E-state index contributed by atoms with van der Waals surface area (Å²) in [6, 6.07) is 16.2. The highest BCUT2D eigenvalue weighted by atomic mass is 35.5. The zero-order chi connectivity index (χ0) is 15.8. The molecule has 0 bridgehead atoms. The van der Waals surface area contributed by atoms with Crippen molar-refractivity contribution in [2.45, 2.75) is 6.42 Å². The van der Waals surface area contributed by atoms with E-state index in [-0.39, 0.29) is 11.8 Å². The summed E-state index contributed by atoms with van der Waals surface area (Å²) < 4.78 is 0. The number of benzene rings is 2. The predicted molar refractivity (Wildman–Crippen MR) is 86.9 cm³/mol. The molecule has 0 atom stereocenters. The van der Waals surface area contributed by atoms with E-state index in [1.54, 1.807) is 24.3 Å². The minimum absolute atomic E-state index is 0.0630. The maximum absolute atomic E-state index is 11.8. The molecule has 0 fully saturated rings. The SMILES string of the molecule is O=C(Cc1ccccc1)NCCNC(=O)c1ccc(Cl)cc1. The summed E-state index contributed by atoms with van der Waals surface area (Å²) in [5, 5.41) is 6.10. The lowest BCUT2D eigenvalue weighted by Crippen LogP contribution is -2.35. The van der Waals surface area contributed by atoms with Gasteiger partial charge >= 0.3 is 0 Å². The summed E-state index contributed by atoms with van der Waals surface area (Å²) in [7, 11) is 0. The van der Waals surface area contributed by atoms with Gasteiger partial charge in [-0.15, -0.1) is 0 Å². The fourth-order valence-electron chi connectivity index (χ4n) is 1.93. The van der Waals surface area contributed by atoms with Gasteiger partial charge in [0.15, 0.2) is 0 Å². The monoisotopic (exact) mass is 316 g/mol. The van der Waals surface area contributed by atoms with Crippen molar-refractivity contribution in [2.24, 2.45) is 0 Å². The Bertz CT molecular complexity index is 627. The van der Waals surface area contributed by atoms with Gasteiger partial charge in [0.1, 0.15) is 0 Å². The average molecular weight is 317 g/mol. The zero-order valence-corrected chi connectivity index (χ0v) is 12.8. The highest BCUT2D eigenvalue weighted by Crippen LogP contribution is 2.09. The van der Waals surface area contributed by atoms with Gasteiger partial charge in [-0.2, -0.15) is 0 Å². The Balaban J connectivity index is 1.67. The van der Waals surface area contributed by atoms with Crippen LogP contribution in [0.15, 0.2) is 54.6 Å². The molecule has 2 N–H and O–H groups in total. The normalized spacial score (nSPS) is 10.0. The van der Waals surface area contributed by atoms with E-state index in [2.05, 4.69) is 10.6 Å². The van der Waals surface area contributed by atoms with Gasteiger partial charge in [0.25, 0.3) is 5.91 Å². The molecule has 114 valence electrons. The number of rotatable bonds is 6. The predicted octanol–water partition coefficient (Wildman–Crippen LogP) is 2.43. The van der Waals surface area contributed by atoms with E-state index < -0.39 is 0 Å². The van der Waals surface area contributed by atoms with Crippen molar-refractivity contribution < 1.29 is 9.59 Å². The Morgan fingerprint density at radius 3 is 2.18 bits per heavy atom. The minimum Gasteiger partial charge on any atom is -0.354 e. The van der Waals surface area contributed by atoms with E-state index in [9.17, 15) is 9.59 Å². The van der Waals surface area contributed by atoms with Crippen molar-refractivity contribution in [1.29, 1.82) is 0 Å². The van der Waals surface area contributed by atoms with Crippen LogP contribution in [-0.4, -0.2) is 24.9 Å². The van der Waals surface area contributed by atoms with Crippen molar-refractivity contribution >= 4 is 23.4 Å². The van der Waals surface area contributed by atoms with Crippen LogP contribution in [0.1, 0.15) is 15.9 Å². The van der Waals surface area contributed by atoms with E-state index in [0.29, 0.717) is 30.1 Å². The number of nitrogens with one attached hydrogen (secondary N) is 2. The summed E-state index contributed by atoms with van der Waals surface area (Å²) in [5.41, 5.74) is 1.50. The van der Waals surface area contributed by atoms with Crippen molar-refractivity contribution in [1.82, 2.24) is 10.6 Å². The molecule has 0 spiro atoms. The Hall–Kier alpha value is -2.33. The van der Waals surface area contributed by atoms with Crippen molar-refractivity contribution in [3.63, 3.8) is 0 Å². The highest BCUT2D eigenvalue weighted by molar-refractivity contribution is 6.30. The number of halogens is 1. The van der Waals surface area contributed by atoms with Gasteiger partial charge < -0.3 is 10.6 Å². The molecule has 0 heterocycles. The van der Waals surface area contributed by atoms with Crippen LogP contribution in [0.5, 0.6) is 0 Å².